The topological polar surface area (TPSA) is 38.5 Å². The van der Waals surface area contributed by atoms with Gasteiger partial charge in [0.15, 0.2) is 0 Å². The summed E-state index contributed by atoms with van der Waals surface area (Å²) in [4.78, 5) is 2.53. The molecule has 1 saturated carbocycles. The van der Waals surface area contributed by atoms with Crippen LogP contribution in [0.3, 0.4) is 0 Å². The van der Waals surface area contributed by atoms with E-state index in [9.17, 15) is 0 Å². The highest BCUT2D eigenvalue weighted by molar-refractivity contribution is 5.01. The van der Waals surface area contributed by atoms with Crippen LogP contribution < -0.4 is 5.73 Å². The molecule has 3 atom stereocenters. The van der Waals surface area contributed by atoms with Crippen LogP contribution >= 0.6 is 0 Å². The van der Waals surface area contributed by atoms with E-state index in [1.54, 1.807) is 0 Å². The van der Waals surface area contributed by atoms with Gasteiger partial charge in [-0.05, 0) is 32.2 Å². The summed E-state index contributed by atoms with van der Waals surface area (Å²) in [6.07, 6.45) is 5.09. The van der Waals surface area contributed by atoms with E-state index in [0.717, 1.165) is 25.7 Å². The Balaban J connectivity index is 2.10. The number of hydrogen-bond donors (Lipinski definition) is 1. The van der Waals surface area contributed by atoms with Crippen LogP contribution in [0.5, 0.6) is 0 Å². The van der Waals surface area contributed by atoms with Gasteiger partial charge in [-0.15, -0.1) is 0 Å². The lowest BCUT2D eigenvalue weighted by Gasteiger charge is -2.44. The standard InChI is InChI=1S/C12H24N2O/c1-10-4-3-6-12(10,9-13)14(2)11-5-7-15-8-11/h10-11H,3-9,13H2,1-2H3. The van der Waals surface area contributed by atoms with Crippen LogP contribution in [-0.2, 0) is 4.74 Å². The molecule has 0 aromatic carbocycles. The van der Waals surface area contributed by atoms with Gasteiger partial charge in [0.05, 0.1) is 6.61 Å². The van der Waals surface area contributed by atoms with E-state index in [1.165, 1.54) is 25.7 Å². The quantitative estimate of drug-likeness (QED) is 0.764. The summed E-state index contributed by atoms with van der Waals surface area (Å²) in [5.74, 6) is 0.730. The van der Waals surface area contributed by atoms with Crippen LogP contribution in [0.25, 0.3) is 0 Å². The number of ether oxygens (including phenoxy) is 1. The van der Waals surface area contributed by atoms with Gasteiger partial charge in [-0.25, -0.2) is 0 Å². The molecule has 0 spiro atoms. The van der Waals surface area contributed by atoms with Crippen molar-refractivity contribution in [2.45, 2.75) is 44.2 Å². The van der Waals surface area contributed by atoms with Gasteiger partial charge in [0, 0.05) is 24.7 Å². The smallest absolute Gasteiger partial charge is 0.0622 e. The second-order valence-corrected chi connectivity index (χ2v) is 5.23. The molecule has 0 aromatic heterocycles. The van der Waals surface area contributed by atoms with E-state index in [4.69, 9.17) is 10.5 Å². The molecule has 1 heterocycles. The molecule has 2 rings (SSSR count). The van der Waals surface area contributed by atoms with Crippen molar-refractivity contribution in [1.29, 1.82) is 0 Å². The molecule has 0 radical (unpaired) electrons. The summed E-state index contributed by atoms with van der Waals surface area (Å²) in [6, 6.07) is 0.592. The maximum absolute atomic E-state index is 6.05. The third-order valence-electron chi connectivity index (χ3n) is 4.67. The fourth-order valence-corrected chi connectivity index (χ4v) is 3.39. The van der Waals surface area contributed by atoms with E-state index in [1.807, 2.05) is 0 Å². The van der Waals surface area contributed by atoms with Crippen molar-refractivity contribution < 1.29 is 4.74 Å². The average Bonchev–Trinajstić information content (AvgIpc) is 2.86. The Kier molecular flexibility index (Phi) is 3.33. The Labute approximate surface area is 93.0 Å². The zero-order chi connectivity index (χ0) is 10.9. The van der Waals surface area contributed by atoms with Crippen molar-refractivity contribution in [2.24, 2.45) is 11.7 Å². The molecule has 2 N–H and O–H groups in total. The first-order chi connectivity index (χ1) is 7.20. The molecule has 88 valence electrons. The number of nitrogens with two attached hydrogens (primary N) is 1. The van der Waals surface area contributed by atoms with Crippen molar-refractivity contribution in [3.63, 3.8) is 0 Å². The van der Waals surface area contributed by atoms with Crippen molar-refractivity contribution in [3.05, 3.63) is 0 Å². The Bertz CT molecular complexity index is 216. The predicted octanol–water partition coefficient (Wildman–Crippen LogP) is 1.22. The van der Waals surface area contributed by atoms with Crippen LogP contribution in [0.1, 0.15) is 32.6 Å². The first kappa shape index (κ1) is 11.4. The monoisotopic (exact) mass is 212 g/mol. The van der Waals surface area contributed by atoms with Gasteiger partial charge in [-0.3, -0.25) is 4.90 Å². The molecule has 1 aliphatic heterocycles. The normalized spacial score (nSPS) is 41.6. The lowest BCUT2D eigenvalue weighted by Crippen LogP contribution is -2.57. The molecule has 15 heavy (non-hydrogen) atoms. The van der Waals surface area contributed by atoms with Crippen LogP contribution in [0, 0.1) is 5.92 Å². The molecule has 2 fully saturated rings. The minimum atomic E-state index is 0.248. The molecule has 3 nitrogen and oxygen atoms in total. The first-order valence-electron chi connectivity index (χ1n) is 6.21. The molecule has 0 amide bonds. The van der Waals surface area contributed by atoms with E-state index in [0.29, 0.717) is 6.04 Å². The van der Waals surface area contributed by atoms with Crippen molar-refractivity contribution in [3.8, 4) is 0 Å². The van der Waals surface area contributed by atoms with E-state index >= 15 is 0 Å². The minimum absolute atomic E-state index is 0.248. The Morgan fingerprint density at radius 3 is 2.73 bits per heavy atom. The van der Waals surface area contributed by atoms with Gasteiger partial charge in [0.25, 0.3) is 0 Å². The Morgan fingerprint density at radius 1 is 1.47 bits per heavy atom. The van der Waals surface area contributed by atoms with Crippen LogP contribution in [0.15, 0.2) is 0 Å². The third kappa shape index (κ3) is 1.81. The van der Waals surface area contributed by atoms with E-state index in [-0.39, 0.29) is 5.54 Å². The maximum Gasteiger partial charge on any atom is 0.0622 e. The van der Waals surface area contributed by atoms with Gasteiger partial charge in [-0.1, -0.05) is 13.3 Å². The van der Waals surface area contributed by atoms with Crippen molar-refractivity contribution in [1.82, 2.24) is 4.90 Å². The molecule has 2 aliphatic rings. The number of likely N-dealkylation sites (N-methyl/N-ethyl adjacent to an activating group) is 1. The van der Waals surface area contributed by atoms with Crippen LogP contribution in [0.4, 0.5) is 0 Å². The predicted molar refractivity (Wildman–Crippen MR) is 61.8 cm³/mol. The third-order valence-corrected chi connectivity index (χ3v) is 4.67. The number of hydrogen-bond acceptors (Lipinski definition) is 3. The highest BCUT2D eigenvalue weighted by atomic mass is 16.5. The maximum atomic E-state index is 6.05. The second-order valence-electron chi connectivity index (χ2n) is 5.23. The zero-order valence-corrected chi connectivity index (χ0v) is 10.0. The van der Waals surface area contributed by atoms with Gasteiger partial charge in [-0.2, -0.15) is 0 Å². The van der Waals surface area contributed by atoms with Gasteiger partial charge < -0.3 is 10.5 Å². The van der Waals surface area contributed by atoms with Crippen molar-refractivity contribution in [2.75, 3.05) is 26.8 Å². The lowest BCUT2D eigenvalue weighted by molar-refractivity contribution is 0.0423. The van der Waals surface area contributed by atoms with Crippen LogP contribution in [0.2, 0.25) is 0 Å². The molecule has 0 bridgehead atoms. The Morgan fingerprint density at radius 2 is 2.27 bits per heavy atom. The summed E-state index contributed by atoms with van der Waals surface area (Å²) in [6.45, 7) is 4.96. The zero-order valence-electron chi connectivity index (χ0n) is 10.0. The number of rotatable bonds is 3. The summed E-state index contributed by atoms with van der Waals surface area (Å²) in [5.41, 5.74) is 6.29. The Hall–Kier alpha value is -0.120. The summed E-state index contributed by atoms with van der Waals surface area (Å²) in [7, 11) is 2.24. The summed E-state index contributed by atoms with van der Waals surface area (Å²) >= 11 is 0. The molecular formula is C12H24N2O. The second kappa shape index (κ2) is 4.40. The van der Waals surface area contributed by atoms with Gasteiger partial charge in [0.2, 0.25) is 0 Å². The molecule has 3 heteroatoms. The lowest BCUT2D eigenvalue weighted by atomic mass is 9.85. The molecule has 1 saturated heterocycles. The van der Waals surface area contributed by atoms with Crippen molar-refractivity contribution >= 4 is 0 Å². The number of nitrogens with zero attached hydrogens (tertiary/aromatic N) is 1. The minimum Gasteiger partial charge on any atom is -0.380 e. The van der Waals surface area contributed by atoms with Crippen LogP contribution in [-0.4, -0.2) is 43.3 Å². The largest absolute Gasteiger partial charge is 0.380 e. The fourth-order valence-electron chi connectivity index (χ4n) is 3.39. The average molecular weight is 212 g/mol. The molecule has 1 aliphatic carbocycles. The van der Waals surface area contributed by atoms with E-state index < -0.39 is 0 Å². The van der Waals surface area contributed by atoms with Gasteiger partial charge >= 0.3 is 0 Å². The summed E-state index contributed by atoms with van der Waals surface area (Å²) < 4.78 is 5.48. The first-order valence-corrected chi connectivity index (χ1v) is 6.21. The highest BCUT2D eigenvalue weighted by Gasteiger charge is 2.45. The fraction of sp³-hybridized carbons (Fsp3) is 1.00. The SMILES string of the molecule is CC1CCCC1(CN)N(C)C1CCOC1. The summed E-state index contributed by atoms with van der Waals surface area (Å²) in [5, 5.41) is 0. The van der Waals surface area contributed by atoms with Gasteiger partial charge in [0.1, 0.15) is 0 Å². The van der Waals surface area contributed by atoms with E-state index in [2.05, 4.69) is 18.9 Å². The molecule has 0 aromatic rings. The molecule has 3 unspecified atom stereocenters. The molecular weight excluding hydrogens is 188 g/mol. The highest BCUT2D eigenvalue weighted by Crippen LogP contribution is 2.40.